The van der Waals surface area contributed by atoms with Gasteiger partial charge in [-0.25, -0.2) is 4.98 Å². The molecule has 23 heavy (non-hydrogen) atoms. The SMILES string of the molecule is COc1ccc(-c2nc(-c3ccccc3)c(C)n2O)c(OC)c1. The molecule has 3 aromatic rings. The Hall–Kier alpha value is -2.95. The van der Waals surface area contributed by atoms with E-state index in [1.807, 2.05) is 49.4 Å². The smallest absolute Gasteiger partial charge is 0.179 e. The maximum Gasteiger partial charge on any atom is 0.179 e. The van der Waals surface area contributed by atoms with Gasteiger partial charge in [-0.1, -0.05) is 30.3 Å². The molecule has 5 heteroatoms. The van der Waals surface area contributed by atoms with E-state index in [2.05, 4.69) is 4.98 Å². The van der Waals surface area contributed by atoms with Crippen LogP contribution in [0.3, 0.4) is 0 Å². The molecule has 0 bridgehead atoms. The van der Waals surface area contributed by atoms with Crippen LogP contribution in [-0.2, 0) is 0 Å². The van der Waals surface area contributed by atoms with Crippen molar-refractivity contribution in [3.05, 3.63) is 54.2 Å². The van der Waals surface area contributed by atoms with E-state index in [1.54, 1.807) is 20.3 Å². The molecule has 0 atom stereocenters. The highest BCUT2D eigenvalue weighted by Crippen LogP contribution is 2.35. The molecule has 5 nitrogen and oxygen atoms in total. The first-order valence-corrected chi connectivity index (χ1v) is 7.22. The lowest BCUT2D eigenvalue weighted by molar-refractivity contribution is 0.184. The predicted octanol–water partition coefficient (Wildman–Crippen LogP) is 3.78. The van der Waals surface area contributed by atoms with E-state index < -0.39 is 0 Å². The average molecular weight is 310 g/mol. The molecule has 1 aromatic heterocycles. The third kappa shape index (κ3) is 2.61. The second kappa shape index (κ2) is 6.04. The van der Waals surface area contributed by atoms with E-state index >= 15 is 0 Å². The molecule has 1 N–H and O–H groups in total. The van der Waals surface area contributed by atoms with Crippen molar-refractivity contribution in [3.8, 4) is 34.1 Å². The van der Waals surface area contributed by atoms with Crippen LogP contribution < -0.4 is 9.47 Å². The van der Waals surface area contributed by atoms with Gasteiger partial charge >= 0.3 is 0 Å². The molecular weight excluding hydrogens is 292 g/mol. The molecule has 0 saturated heterocycles. The van der Waals surface area contributed by atoms with Crippen molar-refractivity contribution >= 4 is 0 Å². The second-order valence-electron chi connectivity index (χ2n) is 5.11. The Kier molecular flexibility index (Phi) is 3.93. The van der Waals surface area contributed by atoms with Crippen LogP contribution in [0.2, 0.25) is 0 Å². The van der Waals surface area contributed by atoms with E-state index in [9.17, 15) is 5.21 Å². The van der Waals surface area contributed by atoms with Gasteiger partial charge in [-0.05, 0) is 19.1 Å². The number of nitrogens with zero attached hydrogens (tertiary/aromatic N) is 2. The molecule has 3 rings (SSSR count). The Bertz CT molecular complexity index is 826. The van der Waals surface area contributed by atoms with Crippen LogP contribution in [0.5, 0.6) is 11.5 Å². The van der Waals surface area contributed by atoms with Crippen molar-refractivity contribution in [1.29, 1.82) is 0 Å². The van der Waals surface area contributed by atoms with Crippen molar-refractivity contribution in [2.45, 2.75) is 6.92 Å². The van der Waals surface area contributed by atoms with E-state index in [0.29, 0.717) is 28.6 Å². The third-order valence-electron chi connectivity index (χ3n) is 3.78. The van der Waals surface area contributed by atoms with Gasteiger partial charge in [0.15, 0.2) is 5.82 Å². The Morgan fingerprint density at radius 1 is 1.00 bits per heavy atom. The van der Waals surface area contributed by atoms with Gasteiger partial charge < -0.3 is 14.7 Å². The minimum atomic E-state index is 0.431. The van der Waals surface area contributed by atoms with Gasteiger partial charge in [0.25, 0.3) is 0 Å². The summed E-state index contributed by atoms with van der Waals surface area (Å²) in [5.74, 6) is 1.70. The van der Waals surface area contributed by atoms with Gasteiger partial charge in [0.05, 0.1) is 31.2 Å². The lowest BCUT2D eigenvalue weighted by atomic mass is 10.1. The molecule has 0 aliphatic heterocycles. The van der Waals surface area contributed by atoms with E-state index in [1.165, 1.54) is 0 Å². The Labute approximate surface area is 134 Å². The highest BCUT2D eigenvalue weighted by Gasteiger charge is 2.19. The first-order chi connectivity index (χ1) is 11.2. The van der Waals surface area contributed by atoms with Crippen LogP contribution in [0.4, 0.5) is 0 Å². The maximum absolute atomic E-state index is 10.4. The van der Waals surface area contributed by atoms with Gasteiger partial charge in [-0.2, -0.15) is 4.73 Å². The van der Waals surface area contributed by atoms with Crippen molar-refractivity contribution < 1.29 is 14.7 Å². The lowest BCUT2D eigenvalue weighted by Crippen LogP contribution is -1.98. The molecule has 1 heterocycles. The number of imidazole rings is 1. The molecule has 0 spiro atoms. The van der Waals surface area contributed by atoms with E-state index in [4.69, 9.17) is 9.47 Å². The summed E-state index contributed by atoms with van der Waals surface area (Å²) in [5.41, 5.74) is 3.05. The molecule has 0 aliphatic carbocycles. The quantitative estimate of drug-likeness (QED) is 0.745. The molecule has 0 unspecified atom stereocenters. The first kappa shape index (κ1) is 15.0. The summed E-state index contributed by atoms with van der Waals surface area (Å²) in [5, 5.41) is 10.4. The Morgan fingerprint density at radius 2 is 1.74 bits per heavy atom. The second-order valence-corrected chi connectivity index (χ2v) is 5.11. The molecular formula is C18H18N2O3. The van der Waals surface area contributed by atoms with Gasteiger partial charge in [-0.3, -0.25) is 0 Å². The van der Waals surface area contributed by atoms with Crippen LogP contribution in [-0.4, -0.2) is 29.1 Å². The number of methoxy groups -OCH3 is 2. The minimum absolute atomic E-state index is 0.431. The number of rotatable bonds is 4. The normalized spacial score (nSPS) is 10.6. The maximum atomic E-state index is 10.4. The lowest BCUT2D eigenvalue weighted by Gasteiger charge is -2.09. The first-order valence-electron chi connectivity index (χ1n) is 7.22. The van der Waals surface area contributed by atoms with Crippen molar-refractivity contribution in [2.24, 2.45) is 0 Å². The monoisotopic (exact) mass is 310 g/mol. The largest absolute Gasteiger partial charge is 0.497 e. The summed E-state index contributed by atoms with van der Waals surface area (Å²) in [6, 6.07) is 15.2. The predicted molar refractivity (Wildman–Crippen MR) is 88.1 cm³/mol. The van der Waals surface area contributed by atoms with Gasteiger partial charge in [0.2, 0.25) is 0 Å². The molecule has 0 fully saturated rings. The van der Waals surface area contributed by atoms with Crippen LogP contribution in [0.25, 0.3) is 22.6 Å². The topological polar surface area (TPSA) is 56.5 Å². The Morgan fingerprint density at radius 3 is 2.39 bits per heavy atom. The van der Waals surface area contributed by atoms with E-state index in [-0.39, 0.29) is 0 Å². The fourth-order valence-electron chi connectivity index (χ4n) is 2.52. The van der Waals surface area contributed by atoms with Gasteiger partial charge in [-0.15, -0.1) is 0 Å². The van der Waals surface area contributed by atoms with Crippen molar-refractivity contribution in [1.82, 2.24) is 9.71 Å². The Balaban J connectivity index is 2.15. The molecule has 0 aliphatic rings. The van der Waals surface area contributed by atoms with Gasteiger partial charge in [0, 0.05) is 11.6 Å². The number of hydrogen-bond donors (Lipinski definition) is 1. The zero-order valence-electron chi connectivity index (χ0n) is 13.3. The summed E-state index contributed by atoms with van der Waals surface area (Å²) >= 11 is 0. The number of ether oxygens (including phenoxy) is 2. The number of hydrogen-bond acceptors (Lipinski definition) is 4. The van der Waals surface area contributed by atoms with Gasteiger partial charge in [0.1, 0.15) is 11.5 Å². The highest BCUT2D eigenvalue weighted by atomic mass is 16.5. The third-order valence-corrected chi connectivity index (χ3v) is 3.78. The molecule has 2 aromatic carbocycles. The average Bonchev–Trinajstić information content (AvgIpc) is 2.90. The van der Waals surface area contributed by atoms with Crippen molar-refractivity contribution in [2.75, 3.05) is 14.2 Å². The molecule has 0 amide bonds. The van der Waals surface area contributed by atoms with Crippen LogP contribution in [0, 0.1) is 6.92 Å². The summed E-state index contributed by atoms with van der Waals surface area (Å²) < 4.78 is 11.7. The van der Waals surface area contributed by atoms with Crippen LogP contribution in [0.15, 0.2) is 48.5 Å². The molecule has 0 saturated carbocycles. The minimum Gasteiger partial charge on any atom is -0.497 e. The summed E-state index contributed by atoms with van der Waals surface area (Å²) in [7, 11) is 3.17. The summed E-state index contributed by atoms with van der Waals surface area (Å²) in [4.78, 5) is 4.61. The standard InChI is InChI=1S/C18H18N2O3/c1-12-17(13-7-5-4-6-8-13)19-18(20(12)21)15-10-9-14(22-2)11-16(15)23-3/h4-11,21H,1-3H3. The molecule has 0 radical (unpaired) electrons. The van der Waals surface area contributed by atoms with Crippen LogP contribution in [0.1, 0.15) is 5.69 Å². The number of benzene rings is 2. The van der Waals surface area contributed by atoms with E-state index in [0.717, 1.165) is 16.0 Å². The fourth-order valence-corrected chi connectivity index (χ4v) is 2.52. The molecule has 118 valence electrons. The summed E-state index contributed by atoms with van der Waals surface area (Å²) in [6.45, 7) is 1.83. The fraction of sp³-hybridized carbons (Fsp3) is 0.167. The highest BCUT2D eigenvalue weighted by molar-refractivity contribution is 5.71. The number of aromatic nitrogens is 2. The summed E-state index contributed by atoms with van der Waals surface area (Å²) in [6.07, 6.45) is 0. The zero-order valence-corrected chi connectivity index (χ0v) is 13.3. The van der Waals surface area contributed by atoms with Crippen molar-refractivity contribution in [3.63, 3.8) is 0 Å². The van der Waals surface area contributed by atoms with Crippen LogP contribution >= 0.6 is 0 Å². The zero-order chi connectivity index (χ0) is 16.4.